The van der Waals surface area contributed by atoms with E-state index in [0.29, 0.717) is 24.7 Å². The highest BCUT2D eigenvalue weighted by atomic mass is 16.5. The summed E-state index contributed by atoms with van der Waals surface area (Å²) in [6.45, 7) is 7.02. The molecule has 0 fully saturated rings. The van der Waals surface area contributed by atoms with Gasteiger partial charge in [0.2, 0.25) is 11.8 Å². The predicted molar refractivity (Wildman–Crippen MR) is 149 cm³/mol. The zero-order chi connectivity index (χ0) is 26.5. The molecule has 0 saturated carbocycles. The number of fused-ring (bicyclic) bond motifs is 6. The Balaban J connectivity index is 0.000000155. The first-order valence-corrected chi connectivity index (χ1v) is 14.7. The van der Waals surface area contributed by atoms with Gasteiger partial charge in [0.15, 0.2) is 0 Å². The lowest BCUT2D eigenvalue weighted by Crippen LogP contribution is -2.24. The van der Waals surface area contributed by atoms with E-state index in [0.717, 1.165) is 63.5 Å². The van der Waals surface area contributed by atoms with Crippen molar-refractivity contribution in [1.82, 2.24) is 10.6 Å². The summed E-state index contributed by atoms with van der Waals surface area (Å²) in [7, 11) is 0. The Hall–Kier alpha value is -3.02. The summed E-state index contributed by atoms with van der Waals surface area (Å²) in [5, 5.41) is 5.98. The fraction of sp³-hybridized carbons (Fsp3) is 0.562. The second-order valence-corrected chi connectivity index (χ2v) is 10.9. The van der Waals surface area contributed by atoms with Gasteiger partial charge < -0.3 is 20.1 Å². The monoisotopic (exact) mass is 518 g/mol. The second kappa shape index (κ2) is 12.2. The molecule has 0 radical (unpaired) electrons. The molecule has 0 aromatic heterocycles. The Labute approximate surface area is 226 Å². The fourth-order valence-corrected chi connectivity index (χ4v) is 6.70. The van der Waals surface area contributed by atoms with Crippen molar-refractivity contribution in [3.63, 3.8) is 0 Å². The van der Waals surface area contributed by atoms with Crippen molar-refractivity contribution in [2.45, 2.75) is 89.9 Å². The third-order valence-electron chi connectivity index (χ3n) is 8.64. The van der Waals surface area contributed by atoms with E-state index in [9.17, 15) is 9.59 Å². The van der Waals surface area contributed by atoms with Gasteiger partial charge in [-0.25, -0.2) is 0 Å². The van der Waals surface area contributed by atoms with Crippen LogP contribution in [0.5, 0.6) is 11.5 Å². The number of rotatable bonds is 8. The van der Waals surface area contributed by atoms with Gasteiger partial charge in [-0.2, -0.15) is 0 Å². The highest BCUT2D eigenvalue weighted by Crippen LogP contribution is 2.44. The summed E-state index contributed by atoms with van der Waals surface area (Å²) >= 11 is 0. The average molecular weight is 519 g/mol. The van der Waals surface area contributed by atoms with Gasteiger partial charge >= 0.3 is 0 Å². The van der Waals surface area contributed by atoms with Crippen LogP contribution < -0.4 is 20.1 Å². The molecule has 2 N–H and O–H groups in total. The number of ether oxygens (including phenoxy) is 2. The van der Waals surface area contributed by atoms with Crippen molar-refractivity contribution in [2.24, 2.45) is 0 Å². The quantitative estimate of drug-likeness (QED) is 0.508. The molecule has 2 aromatic carbocycles. The first-order valence-electron chi connectivity index (χ1n) is 14.7. The topological polar surface area (TPSA) is 76.7 Å². The summed E-state index contributed by atoms with van der Waals surface area (Å²) < 4.78 is 11.3. The maximum atomic E-state index is 11.3. The zero-order valence-electron chi connectivity index (χ0n) is 23.0. The fourth-order valence-electron chi connectivity index (χ4n) is 6.70. The molecule has 204 valence electrons. The lowest BCUT2D eigenvalue weighted by atomic mass is 9.92. The van der Waals surface area contributed by atoms with Crippen molar-refractivity contribution in [1.29, 1.82) is 0 Å². The van der Waals surface area contributed by atoms with Gasteiger partial charge in [0.25, 0.3) is 0 Å². The Bertz CT molecular complexity index is 1080. The molecule has 2 atom stereocenters. The van der Waals surface area contributed by atoms with Crippen LogP contribution >= 0.6 is 0 Å². The van der Waals surface area contributed by atoms with Crippen molar-refractivity contribution >= 4 is 11.8 Å². The van der Waals surface area contributed by atoms with E-state index in [1.54, 1.807) is 0 Å². The van der Waals surface area contributed by atoms with Gasteiger partial charge in [-0.15, -0.1) is 0 Å². The standard InChI is InChI=1S/2C16H21NO2/c2*1-2-15(18)17-9-7-12-4-3-11-5-6-14-13(16(11)12)8-10-19-14/h2*5-6,12H,2-4,7-10H2,1H3,(H,17,18)/t2*12-/m00/s1. The minimum Gasteiger partial charge on any atom is -0.493 e. The number of nitrogens with one attached hydrogen (secondary N) is 2. The molecule has 0 saturated heterocycles. The molecule has 2 aromatic rings. The SMILES string of the molecule is CCC(=O)NCC[C@@H]1CCc2ccc3c(c21)CCO3.CCC(=O)NCC[C@@H]1CCc2ccc3c(c21)CCO3. The first kappa shape index (κ1) is 26.6. The predicted octanol–water partition coefficient (Wildman–Crippen LogP) is 5.14. The molecule has 0 unspecified atom stereocenters. The van der Waals surface area contributed by atoms with Crippen molar-refractivity contribution in [3.05, 3.63) is 57.6 Å². The van der Waals surface area contributed by atoms with Crippen LogP contribution in [0.4, 0.5) is 0 Å². The number of carbonyl (C=O) groups is 2. The number of hydrogen-bond donors (Lipinski definition) is 2. The molecular weight excluding hydrogens is 476 g/mol. The van der Waals surface area contributed by atoms with Crippen molar-refractivity contribution in [2.75, 3.05) is 26.3 Å². The normalized spacial score (nSPS) is 19.7. The Morgan fingerprint density at radius 3 is 1.58 bits per heavy atom. The summed E-state index contributed by atoms with van der Waals surface area (Å²) in [5.41, 5.74) is 8.91. The summed E-state index contributed by atoms with van der Waals surface area (Å²) in [5.74, 6) is 3.68. The maximum Gasteiger partial charge on any atom is 0.219 e. The van der Waals surface area contributed by atoms with Gasteiger partial charge in [-0.05, 0) is 84.7 Å². The van der Waals surface area contributed by atoms with Gasteiger partial charge in [0.05, 0.1) is 13.2 Å². The van der Waals surface area contributed by atoms with E-state index in [1.807, 2.05) is 13.8 Å². The van der Waals surface area contributed by atoms with Crippen LogP contribution in [0.15, 0.2) is 24.3 Å². The summed E-state index contributed by atoms with van der Waals surface area (Å²) in [6.07, 6.45) is 10.1. The molecule has 6 heteroatoms. The molecule has 6 nitrogen and oxygen atoms in total. The van der Waals surface area contributed by atoms with Gasteiger partial charge in [-0.3, -0.25) is 9.59 Å². The molecule has 38 heavy (non-hydrogen) atoms. The van der Waals surface area contributed by atoms with E-state index in [1.165, 1.54) is 59.1 Å². The number of carbonyl (C=O) groups excluding carboxylic acids is 2. The lowest BCUT2D eigenvalue weighted by Gasteiger charge is -2.15. The van der Waals surface area contributed by atoms with Gasteiger partial charge in [-0.1, -0.05) is 26.0 Å². The van der Waals surface area contributed by atoms with Crippen LogP contribution in [0.1, 0.15) is 97.6 Å². The first-order chi connectivity index (χ1) is 18.6. The molecule has 6 rings (SSSR count). The Kier molecular flexibility index (Phi) is 8.55. The van der Waals surface area contributed by atoms with Crippen molar-refractivity contribution in [3.8, 4) is 11.5 Å². The maximum absolute atomic E-state index is 11.3. The Morgan fingerprint density at radius 2 is 1.16 bits per heavy atom. The minimum atomic E-state index is 0.153. The largest absolute Gasteiger partial charge is 0.493 e. The van der Waals surface area contributed by atoms with E-state index in [2.05, 4.69) is 34.9 Å². The summed E-state index contributed by atoms with van der Waals surface area (Å²) in [4.78, 5) is 22.6. The molecule has 2 aliphatic carbocycles. The number of benzene rings is 2. The molecule has 0 spiro atoms. The number of aryl methyl sites for hydroxylation is 2. The van der Waals surface area contributed by atoms with E-state index in [4.69, 9.17) is 9.47 Å². The van der Waals surface area contributed by atoms with E-state index in [-0.39, 0.29) is 11.8 Å². The molecule has 0 bridgehead atoms. The number of amides is 2. The summed E-state index contributed by atoms with van der Waals surface area (Å²) in [6, 6.07) is 8.71. The van der Waals surface area contributed by atoms with Crippen molar-refractivity contribution < 1.29 is 19.1 Å². The van der Waals surface area contributed by atoms with Crippen LogP contribution in [-0.4, -0.2) is 38.1 Å². The minimum absolute atomic E-state index is 0.153. The average Bonchev–Trinajstić information content (AvgIpc) is 3.73. The van der Waals surface area contributed by atoms with Crippen LogP contribution in [0, 0.1) is 0 Å². The number of hydrogen-bond acceptors (Lipinski definition) is 4. The lowest BCUT2D eigenvalue weighted by molar-refractivity contribution is -0.121. The van der Waals surface area contributed by atoms with Crippen LogP contribution in [0.25, 0.3) is 0 Å². The smallest absolute Gasteiger partial charge is 0.219 e. The molecule has 2 heterocycles. The third-order valence-corrected chi connectivity index (χ3v) is 8.64. The van der Waals surface area contributed by atoms with Crippen LogP contribution in [0.3, 0.4) is 0 Å². The highest BCUT2D eigenvalue weighted by molar-refractivity contribution is 5.75. The highest BCUT2D eigenvalue weighted by Gasteiger charge is 2.30. The Morgan fingerprint density at radius 1 is 0.711 bits per heavy atom. The second-order valence-electron chi connectivity index (χ2n) is 10.9. The molecule has 2 amide bonds. The van der Waals surface area contributed by atoms with E-state index < -0.39 is 0 Å². The van der Waals surface area contributed by atoms with Crippen LogP contribution in [-0.2, 0) is 35.3 Å². The molecule has 2 aliphatic heterocycles. The van der Waals surface area contributed by atoms with Gasteiger partial charge in [0.1, 0.15) is 11.5 Å². The van der Waals surface area contributed by atoms with Gasteiger partial charge in [0, 0.05) is 49.9 Å². The van der Waals surface area contributed by atoms with E-state index >= 15 is 0 Å². The van der Waals surface area contributed by atoms with Crippen LogP contribution in [0.2, 0.25) is 0 Å². The molecular formula is C32H42N2O4. The zero-order valence-corrected chi connectivity index (χ0v) is 23.0. The molecule has 4 aliphatic rings. The third kappa shape index (κ3) is 5.69.